The predicted molar refractivity (Wildman–Crippen MR) is 94.9 cm³/mol. The zero-order chi connectivity index (χ0) is 15.4. The molecular weight excluding hydrogens is 276 g/mol. The first-order valence-corrected chi connectivity index (χ1v) is 7.58. The fraction of sp³-hybridized carbons (Fsp3) is 0.278. The number of nitrogens with one attached hydrogen (secondary N) is 2. The van der Waals surface area contributed by atoms with E-state index < -0.39 is 0 Å². The molecule has 1 atom stereocenters. The van der Waals surface area contributed by atoms with Gasteiger partial charge in [0.05, 0.1) is 6.04 Å². The number of anilines is 1. The Bertz CT molecular complexity index is 632. The average Bonchev–Trinajstić information content (AvgIpc) is 2.43. The van der Waals surface area contributed by atoms with E-state index >= 15 is 0 Å². The van der Waals surface area contributed by atoms with Crippen molar-refractivity contribution in [3.05, 3.63) is 64.7 Å². The fourth-order valence-electron chi connectivity index (χ4n) is 2.12. The van der Waals surface area contributed by atoms with E-state index in [1.807, 2.05) is 6.07 Å². The highest BCUT2D eigenvalue weighted by Crippen LogP contribution is 2.16. The van der Waals surface area contributed by atoms with Gasteiger partial charge in [-0.05, 0) is 68.7 Å². The lowest BCUT2D eigenvalue weighted by atomic mass is 10.1. The van der Waals surface area contributed by atoms with Crippen molar-refractivity contribution in [2.24, 2.45) is 0 Å². The van der Waals surface area contributed by atoms with Crippen LogP contribution in [0.5, 0.6) is 0 Å². The molecule has 0 spiro atoms. The van der Waals surface area contributed by atoms with Gasteiger partial charge in [-0.1, -0.05) is 35.9 Å². The van der Waals surface area contributed by atoms with E-state index in [0.717, 1.165) is 5.69 Å². The zero-order valence-electron chi connectivity index (χ0n) is 13.0. The summed E-state index contributed by atoms with van der Waals surface area (Å²) in [6.07, 6.45) is 0. The fourth-order valence-corrected chi connectivity index (χ4v) is 2.42. The Morgan fingerprint density at radius 3 is 2.24 bits per heavy atom. The minimum atomic E-state index is 0.178. The Morgan fingerprint density at radius 1 is 0.952 bits per heavy atom. The predicted octanol–water partition coefficient (Wildman–Crippen LogP) is 4.66. The molecule has 0 aliphatic heterocycles. The number of aryl methyl sites for hydroxylation is 3. The van der Waals surface area contributed by atoms with Crippen molar-refractivity contribution < 1.29 is 0 Å². The Balaban J connectivity index is 1.97. The van der Waals surface area contributed by atoms with Crippen LogP contribution in [0.15, 0.2) is 42.5 Å². The van der Waals surface area contributed by atoms with Crippen LogP contribution in [-0.4, -0.2) is 5.11 Å². The minimum Gasteiger partial charge on any atom is -0.356 e. The van der Waals surface area contributed by atoms with Gasteiger partial charge in [0.15, 0.2) is 5.11 Å². The first-order chi connectivity index (χ1) is 9.95. The van der Waals surface area contributed by atoms with Crippen molar-refractivity contribution in [1.82, 2.24) is 5.32 Å². The number of thiocarbonyl (C=S) groups is 1. The van der Waals surface area contributed by atoms with Crippen LogP contribution in [0, 0.1) is 20.8 Å². The lowest BCUT2D eigenvalue weighted by molar-refractivity contribution is 0.722. The summed E-state index contributed by atoms with van der Waals surface area (Å²) in [5, 5.41) is 7.21. The Kier molecular flexibility index (Phi) is 4.97. The van der Waals surface area contributed by atoms with E-state index in [2.05, 4.69) is 74.7 Å². The smallest absolute Gasteiger partial charge is 0.171 e. The van der Waals surface area contributed by atoms with Gasteiger partial charge < -0.3 is 10.6 Å². The van der Waals surface area contributed by atoms with Crippen LogP contribution in [0.2, 0.25) is 0 Å². The summed E-state index contributed by atoms with van der Waals surface area (Å²) in [5.41, 5.74) is 6.06. The molecule has 21 heavy (non-hydrogen) atoms. The molecule has 0 aromatic heterocycles. The van der Waals surface area contributed by atoms with Crippen molar-refractivity contribution >= 4 is 23.0 Å². The number of hydrogen-bond donors (Lipinski definition) is 2. The third-order valence-electron chi connectivity index (χ3n) is 3.69. The van der Waals surface area contributed by atoms with Crippen LogP contribution < -0.4 is 10.6 Å². The van der Waals surface area contributed by atoms with Gasteiger partial charge in [-0.2, -0.15) is 0 Å². The Morgan fingerprint density at radius 2 is 1.62 bits per heavy atom. The first kappa shape index (κ1) is 15.5. The van der Waals surface area contributed by atoms with Crippen LogP contribution in [0.4, 0.5) is 5.69 Å². The van der Waals surface area contributed by atoms with Crippen LogP contribution in [-0.2, 0) is 0 Å². The summed E-state index contributed by atoms with van der Waals surface area (Å²) in [5.74, 6) is 0. The van der Waals surface area contributed by atoms with Gasteiger partial charge >= 0.3 is 0 Å². The Hall–Kier alpha value is -1.87. The molecule has 2 N–H and O–H groups in total. The molecule has 0 saturated carbocycles. The van der Waals surface area contributed by atoms with E-state index in [4.69, 9.17) is 12.2 Å². The molecule has 0 heterocycles. The standard InChI is InChI=1S/C18H22N2S/c1-12-5-8-16(9-6-12)15(4)19-18(21)20-17-10-7-13(2)14(3)11-17/h5-11,15H,1-4H3,(H2,19,20,21). The topological polar surface area (TPSA) is 24.1 Å². The second-order valence-electron chi connectivity index (χ2n) is 5.53. The molecule has 0 fully saturated rings. The summed E-state index contributed by atoms with van der Waals surface area (Å²) in [7, 11) is 0. The van der Waals surface area contributed by atoms with Gasteiger partial charge in [0.2, 0.25) is 0 Å². The summed E-state index contributed by atoms with van der Waals surface area (Å²) in [6, 6.07) is 14.9. The molecule has 2 aromatic rings. The van der Waals surface area contributed by atoms with Crippen molar-refractivity contribution in [3.63, 3.8) is 0 Å². The largest absolute Gasteiger partial charge is 0.356 e. The molecule has 0 radical (unpaired) electrons. The molecule has 0 bridgehead atoms. The second-order valence-corrected chi connectivity index (χ2v) is 5.94. The van der Waals surface area contributed by atoms with Crippen molar-refractivity contribution in [2.45, 2.75) is 33.7 Å². The summed E-state index contributed by atoms with van der Waals surface area (Å²) >= 11 is 5.39. The van der Waals surface area contributed by atoms with Crippen molar-refractivity contribution in [1.29, 1.82) is 0 Å². The molecule has 110 valence electrons. The molecule has 0 aliphatic rings. The molecule has 0 saturated heterocycles. The van der Waals surface area contributed by atoms with Crippen LogP contribution in [0.3, 0.4) is 0 Å². The summed E-state index contributed by atoms with van der Waals surface area (Å²) in [6.45, 7) is 8.41. The lowest BCUT2D eigenvalue weighted by Crippen LogP contribution is -2.30. The van der Waals surface area contributed by atoms with Gasteiger partial charge in [0.1, 0.15) is 0 Å². The van der Waals surface area contributed by atoms with E-state index in [1.54, 1.807) is 0 Å². The van der Waals surface area contributed by atoms with E-state index in [1.165, 1.54) is 22.3 Å². The van der Waals surface area contributed by atoms with Gasteiger partial charge in [0, 0.05) is 5.69 Å². The summed E-state index contributed by atoms with van der Waals surface area (Å²) < 4.78 is 0. The third-order valence-corrected chi connectivity index (χ3v) is 3.91. The van der Waals surface area contributed by atoms with Gasteiger partial charge in [-0.3, -0.25) is 0 Å². The maximum absolute atomic E-state index is 5.39. The van der Waals surface area contributed by atoms with Crippen molar-refractivity contribution in [2.75, 3.05) is 5.32 Å². The van der Waals surface area contributed by atoms with Gasteiger partial charge in [0.25, 0.3) is 0 Å². The van der Waals surface area contributed by atoms with Gasteiger partial charge in [-0.25, -0.2) is 0 Å². The van der Waals surface area contributed by atoms with Crippen LogP contribution in [0.1, 0.15) is 35.2 Å². The number of hydrogen-bond acceptors (Lipinski definition) is 1. The molecule has 2 nitrogen and oxygen atoms in total. The normalized spacial score (nSPS) is 11.8. The number of benzene rings is 2. The highest BCUT2D eigenvalue weighted by atomic mass is 32.1. The first-order valence-electron chi connectivity index (χ1n) is 7.17. The van der Waals surface area contributed by atoms with Gasteiger partial charge in [-0.15, -0.1) is 0 Å². The minimum absolute atomic E-state index is 0.178. The second kappa shape index (κ2) is 6.72. The molecular formula is C18H22N2S. The third kappa shape index (κ3) is 4.30. The molecule has 2 rings (SSSR count). The van der Waals surface area contributed by atoms with Crippen LogP contribution >= 0.6 is 12.2 Å². The molecule has 0 aliphatic carbocycles. The highest BCUT2D eigenvalue weighted by molar-refractivity contribution is 7.80. The van der Waals surface area contributed by atoms with Crippen molar-refractivity contribution in [3.8, 4) is 0 Å². The molecule has 0 amide bonds. The zero-order valence-corrected chi connectivity index (χ0v) is 13.8. The summed E-state index contributed by atoms with van der Waals surface area (Å²) in [4.78, 5) is 0. The molecule has 1 unspecified atom stereocenters. The maximum atomic E-state index is 5.39. The average molecular weight is 298 g/mol. The van der Waals surface area contributed by atoms with E-state index in [9.17, 15) is 0 Å². The molecule has 3 heteroatoms. The Labute approximate surface area is 132 Å². The maximum Gasteiger partial charge on any atom is 0.171 e. The number of rotatable bonds is 3. The van der Waals surface area contributed by atoms with E-state index in [-0.39, 0.29) is 6.04 Å². The van der Waals surface area contributed by atoms with E-state index in [0.29, 0.717) is 5.11 Å². The lowest BCUT2D eigenvalue weighted by Gasteiger charge is -2.18. The highest BCUT2D eigenvalue weighted by Gasteiger charge is 2.07. The SMILES string of the molecule is Cc1ccc(C(C)NC(=S)Nc2ccc(C)c(C)c2)cc1. The monoisotopic (exact) mass is 298 g/mol. The quantitative estimate of drug-likeness (QED) is 0.806. The molecule has 2 aromatic carbocycles. The van der Waals surface area contributed by atoms with Crippen LogP contribution in [0.25, 0.3) is 0 Å².